The summed E-state index contributed by atoms with van der Waals surface area (Å²) in [6.45, 7) is 2.63. The van der Waals surface area contributed by atoms with Crippen LogP contribution in [0.1, 0.15) is 60.5 Å². The minimum Gasteiger partial charge on any atom is -0.496 e. The lowest BCUT2D eigenvalue weighted by Crippen LogP contribution is -2.25. The van der Waals surface area contributed by atoms with Gasteiger partial charge in [-0.2, -0.15) is 0 Å². The van der Waals surface area contributed by atoms with E-state index in [4.69, 9.17) is 21.2 Å². The monoisotopic (exact) mass is 462 g/mol. The van der Waals surface area contributed by atoms with E-state index in [9.17, 15) is 9.59 Å². The lowest BCUT2D eigenvalue weighted by Gasteiger charge is -2.13. The number of carbonyl (C=O) groups excluding carboxylic acids is 2. The summed E-state index contributed by atoms with van der Waals surface area (Å²) in [7, 11) is 1.54. The maximum atomic E-state index is 12.6. The number of benzene rings is 2. The fourth-order valence-corrected chi connectivity index (χ4v) is 4.36. The van der Waals surface area contributed by atoms with Crippen LogP contribution in [0.3, 0.4) is 0 Å². The highest BCUT2D eigenvalue weighted by Crippen LogP contribution is 2.27. The minimum absolute atomic E-state index is 0.214. The van der Waals surface area contributed by atoms with Crippen LogP contribution in [-0.4, -0.2) is 31.2 Å². The number of nitrogens with one attached hydrogen (secondary N) is 1. The van der Waals surface area contributed by atoms with Crippen molar-refractivity contribution in [3.05, 3.63) is 76.5 Å². The standard InChI is InChI=1S/C27H34N4O3/c1-18(28)24(26(29)32)25(30-16-15-19-7-3-4-8-19)21-13-11-20(12-14-21)17-31-27(33)22-9-5-6-10-23(22)34-2/h5-6,9-14,19H,3-4,7-8,15-17,28H2,1-2H3,(H2,29,32)(H,31,33). The highest BCUT2D eigenvalue weighted by atomic mass is 16.5. The van der Waals surface area contributed by atoms with E-state index >= 15 is 0 Å². The molecule has 1 aliphatic carbocycles. The summed E-state index contributed by atoms with van der Waals surface area (Å²) >= 11 is 0. The molecule has 7 nitrogen and oxygen atoms in total. The molecule has 0 spiro atoms. The lowest BCUT2D eigenvalue weighted by atomic mass is 9.98. The number of amides is 2. The highest BCUT2D eigenvalue weighted by molar-refractivity contribution is 6.28. The van der Waals surface area contributed by atoms with Crippen molar-refractivity contribution in [2.45, 2.75) is 45.6 Å². The molecule has 0 aromatic heterocycles. The summed E-state index contributed by atoms with van der Waals surface area (Å²) in [5.41, 5.74) is 14.9. The van der Waals surface area contributed by atoms with E-state index in [1.165, 1.54) is 32.8 Å². The average molecular weight is 463 g/mol. The number of aliphatic imine (C=N–C) groups is 1. The zero-order valence-electron chi connectivity index (χ0n) is 20.0. The van der Waals surface area contributed by atoms with Crippen LogP contribution in [0.25, 0.3) is 0 Å². The Morgan fingerprint density at radius 2 is 1.74 bits per heavy atom. The molecule has 0 atom stereocenters. The molecule has 1 aliphatic rings. The maximum absolute atomic E-state index is 12.6. The molecule has 0 radical (unpaired) electrons. The first-order valence-corrected chi connectivity index (χ1v) is 11.7. The van der Waals surface area contributed by atoms with E-state index in [1.54, 1.807) is 25.1 Å². The average Bonchev–Trinajstić information content (AvgIpc) is 3.35. The van der Waals surface area contributed by atoms with Crippen LogP contribution < -0.4 is 21.5 Å². The number of allylic oxidation sites excluding steroid dienone is 1. The van der Waals surface area contributed by atoms with Gasteiger partial charge in [-0.15, -0.1) is 0 Å². The summed E-state index contributed by atoms with van der Waals surface area (Å²) in [5, 5.41) is 2.91. The van der Waals surface area contributed by atoms with Gasteiger partial charge in [0.2, 0.25) is 0 Å². The van der Waals surface area contributed by atoms with E-state index < -0.39 is 5.91 Å². The van der Waals surface area contributed by atoms with Gasteiger partial charge in [0.05, 0.1) is 24.0 Å². The van der Waals surface area contributed by atoms with Crippen molar-refractivity contribution in [3.63, 3.8) is 0 Å². The third-order valence-corrected chi connectivity index (χ3v) is 6.19. The first-order valence-electron chi connectivity index (χ1n) is 11.7. The second-order valence-corrected chi connectivity index (χ2v) is 8.67. The number of hydrogen-bond acceptors (Lipinski definition) is 5. The van der Waals surface area contributed by atoms with Crippen LogP contribution in [0.5, 0.6) is 5.75 Å². The van der Waals surface area contributed by atoms with Crippen molar-refractivity contribution in [2.75, 3.05) is 13.7 Å². The number of nitrogens with zero attached hydrogens (tertiary/aromatic N) is 1. The number of methoxy groups -OCH3 is 1. The highest BCUT2D eigenvalue weighted by Gasteiger charge is 2.19. The number of carbonyl (C=O) groups is 2. The fraction of sp³-hybridized carbons (Fsp3) is 0.370. The van der Waals surface area contributed by atoms with Gasteiger partial charge < -0.3 is 21.5 Å². The van der Waals surface area contributed by atoms with Gasteiger partial charge in [0.25, 0.3) is 11.8 Å². The molecule has 34 heavy (non-hydrogen) atoms. The van der Waals surface area contributed by atoms with Crippen LogP contribution in [0, 0.1) is 5.92 Å². The molecule has 1 fully saturated rings. The van der Waals surface area contributed by atoms with Gasteiger partial charge in [-0.25, -0.2) is 0 Å². The summed E-state index contributed by atoms with van der Waals surface area (Å²) in [6, 6.07) is 14.6. The van der Waals surface area contributed by atoms with E-state index in [2.05, 4.69) is 5.32 Å². The summed E-state index contributed by atoms with van der Waals surface area (Å²) in [6.07, 6.45) is 6.05. The molecule has 0 unspecified atom stereocenters. The van der Waals surface area contributed by atoms with Gasteiger partial charge in [-0.05, 0) is 37.0 Å². The summed E-state index contributed by atoms with van der Waals surface area (Å²) in [5.74, 6) is 0.414. The SMILES string of the molecule is COc1ccccc1C(=O)NCc1ccc(C(=NCCC2CCCC2)C(C(N)=O)=C(C)N)cc1. The number of nitrogens with two attached hydrogens (primary N) is 2. The second kappa shape index (κ2) is 12.0. The smallest absolute Gasteiger partial charge is 0.255 e. The van der Waals surface area contributed by atoms with Gasteiger partial charge in [0.1, 0.15) is 5.75 Å². The largest absolute Gasteiger partial charge is 0.496 e. The van der Waals surface area contributed by atoms with Crippen LogP contribution in [0.2, 0.25) is 0 Å². The Balaban J connectivity index is 1.74. The molecule has 2 aromatic rings. The number of hydrogen-bond donors (Lipinski definition) is 3. The first kappa shape index (κ1) is 25.0. The molecular weight excluding hydrogens is 428 g/mol. The van der Waals surface area contributed by atoms with Gasteiger partial charge in [0, 0.05) is 24.4 Å². The number of rotatable bonds is 10. The van der Waals surface area contributed by atoms with Crippen molar-refractivity contribution in [1.82, 2.24) is 5.32 Å². The fourth-order valence-electron chi connectivity index (χ4n) is 4.36. The van der Waals surface area contributed by atoms with Crippen molar-refractivity contribution < 1.29 is 14.3 Å². The molecule has 180 valence electrons. The zero-order chi connectivity index (χ0) is 24.5. The molecule has 0 bridgehead atoms. The molecule has 0 aliphatic heterocycles. The predicted octanol–water partition coefficient (Wildman–Crippen LogP) is 3.71. The Morgan fingerprint density at radius 3 is 2.35 bits per heavy atom. The second-order valence-electron chi connectivity index (χ2n) is 8.67. The van der Waals surface area contributed by atoms with Crippen LogP contribution in [0.15, 0.2) is 64.8 Å². The quantitative estimate of drug-likeness (QED) is 0.368. The topological polar surface area (TPSA) is 120 Å². The molecule has 3 rings (SSSR count). The summed E-state index contributed by atoms with van der Waals surface area (Å²) in [4.78, 5) is 29.5. The van der Waals surface area contributed by atoms with Gasteiger partial charge in [0.15, 0.2) is 0 Å². The van der Waals surface area contributed by atoms with Crippen molar-refractivity contribution in [2.24, 2.45) is 22.4 Å². The molecule has 2 aromatic carbocycles. The van der Waals surface area contributed by atoms with Gasteiger partial charge in [-0.1, -0.05) is 62.1 Å². The van der Waals surface area contributed by atoms with Crippen molar-refractivity contribution in [1.29, 1.82) is 0 Å². The van der Waals surface area contributed by atoms with Gasteiger partial charge in [-0.3, -0.25) is 14.6 Å². The lowest BCUT2D eigenvalue weighted by molar-refractivity contribution is -0.114. The molecule has 0 saturated heterocycles. The Hall–Kier alpha value is -3.61. The normalized spacial score (nSPS) is 15.1. The van der Waals surface area contributed by atoms with Crippen molar-refractivity contribution in [3.8, 4) is 5.75 Å². The minimum atomic E-state index is -0.590. The zero-order valence-corrected chi connectivity index (χ0v) is 20.0. The van der Waals surface area contributed by atoms with E-state index in [-0.39, 0.29) is 11.5 Å². The number of primary amides is 1. The van der Waals surface area contributed by atoms with Crippen molar-refractivity contribution >= 4 is 17.5 Å². The first-order chi connectivity index (χ1) is 16.4. The molecular formula is C27H34N4O3. The summed E-state index contributed by atoms with van der Waals surface area (Å²) < 4.78 is 5.26. The Bertz CT molecular complexity index is 1060. The predicted molar refractivity (Wildman–Crippen MR) is 135 cm³/mol. The Kier molecular flexibility index (Phi) is 8.85. The molecule has 0 heterocycles. The van der Waals surface area contributed by atoms with Crippen LogP contribution in [-0.2, 0) is 11.3 Å². The van der Waals surface area contributed by atoms with Gasteiger partial charge >= 0.3 is 0 Å². The van der Waals surface area contributed by atoms with E-state index in [0.717, 1.165) is 17.5 Å². The van der Waals surface area contributed by atoms with E-state index in [0.29, 0.717) is 41.7 Å². The maximum Gasteiger partial charge on any atom is 0.255 e. The molecule has 7 heteroatoms. The van der Waals surface area contributed by atoms with Crippen LogP contribution >= 0.6 is 0 Å². The molecule has 5 N–H and O–H groups in total. The Morgan fingerprint density at radius 1 is 1.06 bits per heavy atom. The number of para-hydroxylation sites is 1. The molecule has 2 amide bonds. The number of ether oxygens (including phenoxy) is 1. The molecule has 1 saturated carbocycles. The third kappa shape index (κ3) is 6.47. The third-order valence-electron chi connectivity index (χ3n) is 6.19. The van der Waals surface area contributed by atoms with E-state index in [1.807, 2.05) is 30.3 Å². The Labute approximate surface area is 201 Å². The van der Waals surface area contributed by atoms with Crippen LogP contribution in [0.4, 0.5) is 0 Å².